The fourth-order valence-electron chi connectivity index (χ4n) is 2.81. The summed E-state index contributed by atoms with van der Waals surface area (Å²) in [5.41, 5.74) is 2.66. The first-order chi connectivity index (χ1) is 12.6. The Bertz CT molecular complexity index is 874. The van der Waals surface area contributed by atoms with Crippen LogP contribution in [0.5, 0.6) is 11.5 Å². The predicted molar refractivity (Wildman–Crippen MR) is 108 cm³/mol. The Hall–Kier alpha value is -2.05. The first-order valence-electron chi connectivity index (χ1n) is 9.04. The van der Waals surface area contributed by atoms with Crippen molar-refractivity contribution in [3.8, 4) is 11.5 Å². The molecule has 0 heterocycles. The van der Waals surface area contributed by atoms with Gasteiger partial charge in [0.1, 0.15) is 18.1 Å². The molecule has 1 atom stereocenters. The molecule has 0 radical (unpaired) electrons. The van der Waals surface area contributed by atoms with E-state index in [4.69, 9.17) is 9.47 Å². The number of hydrogen-bond acceptors (Lipinski definition) is 4. The lowest BCUT2D eigenvalue weighted by atomic mass is 10.0. The summed E-state index contributed by atoms with van der Waals surface area (Å²) in [6.07, 6.45) is 0. The maximum Gasteiger partial charge on any atom is 0.241 e. The van der Waals surface area contributed by atoms with Crippen LogP contribution in [0.1, 0.15) is 43.4 Å². The van der Waals surface area contributed by atoms with Gasteiger partial charge in [-0.3, -0.25) is 0 Å². The van der Waals surface area contributed by atoms with E-state index in [0.29, 0.717) is 11.3 Å². The molecule has 0 bridgehead atoms. The molecule has 2 aromatic rings. The Morgan fingerprint density at radius 2 is 1.67 bits per heavy atom. The molecule has 2 rings (SSSR count). The molecular weight excluding hydrogens is 362 g/mol. The topological polar surface area (TPSA) is 64.6 Å². The fraction of sp³-hybridized carbons (Fsp3) is 0.429. The number of benzene rings is 2. The zero-order valence-corrected chi connectivity index (χ0v) is 17.7. The number of ether oxygens (including phenoxy) is 2. The van der Waals surface area contributed by atoms with E-state index in [0.717, 1.165) is 16.9 Å². The maximum atomic E-state index is 12.9. The summed E-state index contributed by atoms with van der Waals surface area (Å²) in [4.78, 5) is 0.272. The van der Waals surface area contributed by atoms with Crippen LogP contribution in [0.15, 0.2) is 41.3 Å². The van der Waals surface area contributed by atoms with Crippen molar-refractivity contribution in [3.05, 3.63) is 53.1 Å². The molecule has 0 fully saturated rings. The van der Waals surface area contributed by atoms with Gasteiger partial charge in [0.2, 0.25) is 10.0 Å². The standard InChI is InChI=1S/C21H29NO4S/c1-14(2)19-12-21(16(4)11-20(19)25-6)27(23,24)22-17(5)13-26-18-9-7-15(3)8-10-18/h7-12,14,17,22H,13H2,1-6H3. The van der Waals surface area contributed by atoms with Crippen molar-refractivity contribution in [3.63, 3.8) is 0 Å². The van der Waals surface area contributed by atoms with Gasteiger partial charge in [-0.2, -0.15) is 0 Å². The molecule has 0 spiro atoms. The van der Waals surface area contributed by atoms with Crippen molar-refractivity contribution in [2.24, 2.45) is 0 Å². The highest BCUT2D eigenvalue weighted by atomic mass is 32.2. The minimum atomic E-state index is -3.67. The van der Waals surface area contributed by atoms with Crippen LogP contribution in [0.3, 0.4) is 0 Å². The molecule has 0 saturated heterocycles. The number of methoxy groups -OCH3 is 1. The van der Waals surface area contributed by atoms with Crippen LogP contribution in [0.4, 0.5) is 0 Å². The second-order valence-corrected chi connectivity index (χ2v) is 8.84. The molecule has 0 aromatic heterocycles. The molecule has 0 saturated carbocycles. The van der Waals surface area contributed by atoms with Crippen LogP contribution in [-0.4, -0.2) is 28.2 Å². The Morgan fingerprint density at radius 3 is 2.22 bits per heavy atom. The molecule has 27 heavy (non-hydrogen) atoms. The molecule has 0 aliphatic carbocycles. The van der Waals surface area contributed by atoms with Crippen LogP contribution in [0, 0.1) is 13.8 Å². The van der Waals surface area contributed by atoms with Gasteiger partial charge < -0.3 is 9.47 Å². The molecule has 0 aliphatic heterocycles. The summed E-state index contributed by atoms with van der Waals surface area (Å²) >= 11 is 0. The van der Waals surface area contributed by atoms with Gasteiger partial charge >= 0.3 is 0 Å². The van der Waals surface area contributed by atoms with Crippen LogP contribution in [-0.2, 0) is 10.0 Å². The van der Waals surface area contributed by atoms with Gasteiger partial charge in [-0.15, -0.1) is 0 Å². The van der Waals surface area contributed by atoms with E-state index in [2.05, 4.69) is 4.72 Å². The van der Waals surface area contributed by atoms with Crippen molar-refractivity contribution < 1.29 is 17.9 Å². The van der Waals surface area contributed by atoms with Gasteiger partial charge in [0.05, 0.1) is 18.0 Å². The van der Waals surface area contributed by atoms with Gasteiger partial charge in [0, 0.05) is 0 Å². The zero-order chi connectivity index (χ0) is 20.2. The molecule has 0 aliphatic rings. The Labute approximate surface area is 162 Å². The van der Waals surface area contributed by atoms with Crippen molar-refractivity contribution in [2.75, 3.05) is 13.7 Å². The van der Waals surface area contributed by atoms with E-state index in [1.165, 1.54) is 0 Å². The SMILES string of the molecule is COc1cc(C)c(S(=O)(=O)NC(C)COc2ccc(C)cc2)cc1C(C)C. The average molecular weight is 392 g/mol. The molecule has 2 aromatic carbocycles. The van der Waals surface area contributed by atoms with E-state index in [9.17, 15) is 8.42 Å². The van der Waals surface area contributed by atoms with Gasteiger partial charge in [0.15, 0.2) is 0 Å². The highest BCUT2D eigenvalue weighted by Crippen LogP contribution is 2.31. The Balaban J connectivity index is 2.15. The lowest BCUT2D eigenvalue weighted by molar-refractivity contribution is 0.287. The number of rotatable bonds is 8. The summed E-state index contributed by atoms with van der Waals surface area (Å²) in [6, 6.07) is 10.8. The largest absolute Gasteiger partial charge is 0.496 e. The monoisotopic (exact) mass is 391 g/mol. The highest BCUT2D eigenvalue weighted by molar-refractivity contribution is 7.89. The van der Waals surface area contributed by atoms with Crippen molar-refractivity contribution >= 4 is 10.0 Å². The van der Waals surface area contributed by atoms with Gasteiger partial charge in [0.25, 0.3) is 0 Å². The number of aryl methyl sites for hydroxylation is 2. The highest BCUT2D eigenvalue weighted by Gasteiger charge is 2.23. The van der Waals surface area contributed by atoms with E-state index >= 15 is 0 Å². The average Bonchev–Trinajstić information content (AvgIpc) is 2.60. The second kappa shape index (κ2) is 8.76. The van der Waals surface area contributed by atoms with Gasteiger partial charge in [-0.25, -0.2) is 13.1 Å². The number of nitrogens with one attached hydrogen (secondary N) is 1. The predicted octanol–water partition coefficient (Wildman–Crippen LogP) is 4.18. The first kappa shape index (κ1) is 21.3. The summed E-state index contributed by atoms with van der Waals surface area (Å²) in [6.45, 7) is 9.82. The molecule has 1 N–H and O–H groups in total. The van der Waals surface area contributed by atoms with E-state index < -0.39 is 10.0 Å². The second-order valence-electron chi connectivity index (χ2n) is 7.16. The van der Waals surface area contributed by atoms with E-state index in [1.807, 2.05) is 45.0 Å². The minimum absolute atomic E-state index is 0.150. The molecule has 0 amide bonds. The first-order valence-corrected chi connectivity index (χ1v) is 10.5. The normalized spacial score (nSPS) is 12.9. The van der Waals surface area contributed by atoms with Crippen molar-refractivity contribution in [1.29, 1.82) is 0 Å². The fourth-order valence-corrected chi connectivity index (χ4v) is 4.30. The number of sulfonamides is 1. The smallest absolute Gasteiger partial charge is 0.241 e. The maximum absolute atomic E-state index is 12.9. The van der Waals surface area contributed by atoms with Crippen LogP contribution < -0.4 is 14.2 Å². The van der Waals surface area contributed by atoms with Crippen LogP contribution in [0.25, 0.3) is 0 Å². The third-order valence-corrected chi connectivity index (χ3v) is 6.05. The summed E-state index contributed by atoms with van der Waals surface area (Å²) in [5.74, 6) is 1.57. The van der Waals surface area contributed by atoms with Crippen LogP contribution >= 0.6 is 0 Å². The molecule has 6 heteroatoms. The number of hydrogen-bond donors (Lipinski definition) is 1. The van der Waals surface area contributed by atoms with E-state index in [1.54, 1.807) is 33.1 Å². The minimum Gasteiger partial charge on any atom is -0.496 e. The molecular formula is C21H29NO4S. The van der Waals surface area contributed by atoms with Gasteiger partial charge in [-0.1, -0.05) is 31.5 Å². The molecule has 1 unspecified atom stereocenters. The summed E-state index contributed by atoms with van der Waals surface area (Å²) in [7, 11) is -2.07. The quantitative estimate of drug-likeness (QED) is 0.733. The van der Waals surface area contributed by atoms with Crippen molar-refractivity contribution in [1.82, 2.24) is 4.72 Å². The summed E-state index contributed by atoms with van der Waals surface area (Å²) < 4.78 is 39.6. The molecule has 148 valence electrons. The van der Waals surface area contributed by atoms with E-state index in [-0.39, 0.29) is 23.5 Å². The third kappa shape index (κ3) is 5.47. The van der Waals surface area contributed by atoms with Gasteiger partial charge in [-0.05, 0) is 62.1 Å². The molecule has 5 nitrogen and oxygen atoms in total. The Morgan fingerprint density at radius 1 is 1.04 bits per heavy atom. The zero-order valence-electron chi connectivity index (χ0n) is 16.9. The van der Waals surface area contributed by atoms with Crippen LogP contribution in [0.2, 0.25) is 0 Å². The third-order valence-electron chi connectivity index (χ3n) is 4.32. The lowest BCUT2D eigenvalue weighted by Gasteiger charge is -2.19. The van der Waals surface area contributed by atoms with Crippen molar-refractivity contribution in [2.45, 2.75) is 51.5 Å². The Kier molecular flexibility index (Phi) is 6.89. The lowest BCUT2D eigenvalue weighted by Crippen LogP contribution is -2.37. The summed E-state index contributed by atoms with van der Waals surface area (Å²) in [5, 5.41) is 0.